The number of nitrogens with two attached hydrogens (primary N) is 4. The lowest BCUT2D eigenvalue weighted by Crippen LogP contribution is -2.62. The van der Waals surface area contributed by atoms with E-state index in [2.05, 4.69) is 63.8 Å². The van der Waals surface area contributed by atoms with Crippen LogP contribution in [0.15, 0.2) is 30.3 Å². The molecule has 0 radical (unpaired) electrons. The van der Waals surface area contributed by atoms with Crippen molar-refractivity contribution in [1.29, 1.82) is 0 Å². The van der Waals surface area contributed by atoms with E-state index in [-0.39, 0.29) is 153 Å². The molecule has 113 heavy (non-hydrogen) atoms. The predicted octanol–water partition coefficient (Wildman–Crippen LogP) is -0.714. The number of carboxylic acid groups (broad SMARTS) is 1. The van der Waals surface area contributed by atoms with Gasteiger partial charge in [-0.25, -0.2) is 4.79 Å². The zero-order chi connectivity index (χ0) is 85.1. The molecule has 2 bridgehead atoms. The molecule has 1 aromatic rings. The lowest BCUT2D eigenvalue weighted by Gasteiger charge is -2.35. The first-order chi connectivity index (χ1) is 53.1. The molecule has 1 aromatic carbocycles. The molecule has 3 heterocycles. The first kappa shape index (κ1) is 98.5. The van der Waals surface area contributed by atoms with Crippen LogP contribution in [0, 0.1) is 35.5 Å². The van der Waals surface area contributed by atoms with Gasteiger partial charge in [0.2, 0.25) is 76.8 Å². The number of aliphatic hydroxyl groups is 1. The number of carbonyl (C=O) groups is 14. The molecular formula is C76H128F3N17O17. The minimum atomic E-state index is -5.08. The smallest absolute Gasteiger partial charge is 0.475 e. The van der Waals surface area contributed by atoms with Crippen LogP contribution in [-0.4, -0.2) is 234 Å². The van der Waals surface area contributed by atoms with Gasteiger partial charge in [0.15, 0.2) is 0 Å². The normalized spacial score (nSPS) is 27.0. The molecule has 13 amide bonds. The van der Waals surface area contributed by atoms with Gasteiger partial charge in [0.1, 0.15) is 84.7 Å². The van der Waals surface area contributed by atoms with Crippen LogP contribution in [0.5, 0.6) is 0 Å². The number of hydrogen-bond acceptors (Lipinski definition) is 20. The maximum atomic E-state index is 15.1. The molecule has 22 N–H and O–H groups in total. The highest BCUT2D eigenvalue weighted by atomic mass is 19.4. The van der Waals surface area contributed by atoms with Gasteiger partial charge in [0, 0.05) is 19.5 Å². The number of halogens is 3. The Labute approximate surface area is 660 Å². The summed E-state index contributed by atoms with van der Waals surface area (Å²) in [5, 5.41) is 51.7. The zero-order valence-corrected chi connectivity index (χ0v) is 67.5. The van der Waals surface area contributed by atoms with Crippen molar-refractivity contribution in [3.63, 3.8) is 0 Å². The van der Waals surface area contributed by atoms with Crippen molar-refractivity contribution in [2.45, 2.75) is 283 Å². The van der Waals surface area contributed by atoms with E-state index in [9.17, 15) is 75.8 Å². The second-order valence-corrected chi connectivity index (χ2v) is 31.5. The van der Waals surface area contributed by atoms with E-state index in [0.29, 0.717) is 12.0 Å². The van der Waals surface area contributed by atoms with Crippen LogP contribution in [0.25, 0.3) is 0 Å². The maximum absolute atomic E-state index is 15.1. The number of rotatable bonds is 23. The fourth-order valence-electron chi connectivity index (χ4n) is 13.1. The number of ether oxygens (including phenoxy) is 1. The van der Waals surface area contributed by atoms with Crippen molar-refractivity contribution in [3.05, 3.63) is 35.9 Å². The fraction of sp³-hybridized carbons (Fsp3) is 0.737. The van der Waals surface area contributed by atoms with Gasteiger partial charge >= 0.3 is 12.1 Å². The van der Waals surface area contributed by atoms with E-state index < -0.39 is 198 Å². The fourth-order valence-corrected chi connectivity index (χ4v) is 13.1. The van der Waals surface area contributed by atoms with E-state index in [1.807, 2.05) is 41.5 Å². The lowest BCUT2D eigenvalue weighted by molar-refractivity contribution is -0.192. The summed E-state index contributed by atoms with van der Waals surface area (Å²) in [5.74, 6) is -14.7. The summed E-state index contributed by atoms with van der Waals surface area (Å²) < 4.78 is 37.9. The Balaban J connectivity index is 0.00000449. The summed E-state index contributed by atoms with van der Waals surface area (Å²) in [4.78, 5) is 199. The van der Waals surface area contributed by atoms with Crippen molar-refractivity contribution in [2.24, 2.45) is 58.4 Å². The molecule has 3 saturated heterocycles. The highest BCUT2D eigenvalue weighted by Crippen LogP contribution is 2.24. The minimum absolute atomic E-state index is 0.00282. The molecule has 3 aliphatic rings. The number of amides is 13. The van der Waals surface area contributed by atoms with Crippen molar-refractivity contribution < 1.29 is 95.2 Å². The Morgan fingerprint density at radius 1 is 0.451 bits per heavy atom. The van der Waals surface area contributed by atoms with Gasteiger partial charge < -0.3 is 107 Å². The second-order valence-electron chi connectivity index (χ2n) is 31.5. The Morgan fingerprint density at radius 2 is 0.779 bits per heavy atom. The Morgan fingerprint density at radius 3 is 1.14 bits per heavy atom. The van der Waals surface area contributed by atoms with Crippen LogP contribution >= 0.6 is 0 Å². The molecule has 3 aliphatic heterocycles. The number of carboxylic acids is 1. The maximum Gasteiger partial charge on any atom is 0.490 e. The third-order valence-corrected chi connectivity index (χ3v) is 19.3. The van der Waals surface area contributed by atoms with Crippen LogP contribution in [0.4, 0.5) is 13.2 Å². The van der Waals surface area contributed by atoms with Crippen molar-refractivity contribution in [3.8, 4) is 0 Å². The summed E-state index contributed by atoms with van der Waals surface area (Å²) in [6.07, 6.45) is -6.84. The summed E-state index contributed by atoms with van der Waals surface area (Å²) in [6.45, 7) is 21.2. The molecule has 0 spiro atoms. The number of nitrogens with one attached hydrogen (secondary N) is 12. The Kier molecular flexibility index (Phi) is 42.9. The summed E-state index contributed by atoms with van der Waals surface area (Å²) in [7, 11) is 0. The molecule has 0 aliphatic carbocycles. The number of alkyl halides is 3. The molecule has 4 rings (SSSR count). The van der Waals surface area contributed by atoms with Gasteiger partial charge in [0.25, 0.3) is 0 Å². The van der Waals surface area contributed by atoms with Crippen molar-refractivity contribution >= 4 is 82.8 Å². The van der Waals surface area contributed by atoms with E-state index in [4.69, 9.17) is 37.6 Å². The van der Waals surface area contributed by atoms with Crippen LogP contribution in [0.3, 0.4) is 0 Å². The van der Waals surface area contributed by atoms with Crippen molar-refractivity contribution in [1.82, 2.24) is 68.7 Å². The van der Waals surface area contributed by atoms with Gasteiger partial charge in [-0.2, -0.15) is 13.2 Å². The monoisotopic (exact) mass is 1610 g/mol. The molecule has 0 saturated carbocycles. The lowest BCUT2D eigenvalue weighted by atomic mass is 9.98. The number of aliphatic hydroxyl groups excluding tert-OH is 1. The number of aliphatic carboxylic acids is 1. The van der Waals surface area contributed by atoms with E-state index >= 15 is 4.79 Å². The molecule has 15 atom stereocenters. The minimum Gasteiger partial charge on any atom is -0.475 e. The highest BCUT2D eigenvalue weighted by molar-refractivity contribution is 6.00. The Hall–Kier alpha value is -8.65. The number of hydrogen-bond donors (Lipinski definition) is 18. The molecule has 0 unspecified atom stereocenters. The average Bonchev–Trinajstić information content (AvgIpc) is 1.68. The number of benzene rings is 1. The van der Waals surface area contributed by atoms with Gasteiger partial charge in [-0.15, -0.1) is 0 Å². The van der Waals surface area contributed by atoms with Gasteiger partial charge in [-0.3, -0.25) is 62.3 Å². The first-order valence-electron chi connectivity index (χ1n) is 39.5. The Bertz CT molecular complexity index is 3280. The van der Waals surface area contributed by atoms with Crippen LogP contribution < -0.4 is 86.7 Å². The van der Waals surface area contributed by atoms with Gasteiger partial charge in [-0.1, -0.05) is 113 Å². The van der Waals surface area contributed by atoms with Crippen molar-refractivity contribution in [2.75, 3.05) is 39.3 Å². The average molecular weight is 1610 g/mol. The molecule has 37 heteroatoms. The number of carbonyl (C=O) groups excluding carboxylic acids is 13. The van der Waals surface area contributed by atoms with Crippen LogP contribution in [0.1, 0.15) is 185 Å². The molecule has 0 aromatic heterocycles. The standard InChI is InChI=1S/C74H127N17O15.C2HF3O2/c1-40(2)35-51-66(97)80-49(25-18-32-77)64(95)88-59(43(7)8)71(102)79-39-58-56(92)28-29-57(106-58)70(101)86-53(37-42(5)6)67(98)81-50(26-19-33-78)65(96)89-60(44(9)10)72(103)82-47(23-16-30-75)63(94)85-52(36-41(3)4)68(99)87-54(38-46-21-14-13-15-22-46)74(105)91-34-20-27-55(91)69(100)90-61(45(11)12)73(104)83-48(24-17-31-76)62(93)84-51;3-2(4,5)1(6)7/h13-15,21-22,40-45,47-61,92H,16-20,23-39,75-78H2,1-12H3,(H,79,102)(H,80,97)(H,81,98)(H,82,103)(H,83,104)(H,84,93)(H,85,94)(H,86,101)(H,87,99)(H,88,95)(H,89,96)(H,90,100);(H,6,7)/t47-,48-,49-,50-,51-,52-,53-,54+,55-,56-,57+,58+,59-,60-,61-;/m0./s1. The summed E-state index contributed by atoms with van der Waals surface area (Å²) in [6, 6.07) is -6.37. The highest BCUT2D eigenvalue weighted by Gasteiger charge is 2.44. The predicted molar refractivity (Wildman–Crippen MR) is 413 cm³/mol. The van der Waals surface area contributed by atoms with Gasteiger partial charge in [-0.05, 0) is 164 Å². The first-order valence-corrected chi connectivity index (χ1v) is 39.5. The van der Waals surface area contributed by atoms with Crippen LogP contribution in [0.2, 0.25) is 0 Å². The third-order valence-electron chi connectivity index (χ3n) is 19.3. The molecular weight excluding hydrogens is 1480 g/mol. The largest absolute Gasteiger partial charge is 0.490 e. The zero-order valence-electron chi connectivity index (χ0n) is 67.5. The summed E-state index contributed by atoms with van der Waals surface area (Å²) >= 11 is 0. The number of nitrogens with zero attached hydrogens (tertiary/aromatic N) is 1. The quantitative estimate of drug-likeness (QED) is 0.0643. The molecule has 34 nitrogen and oxygen atoms in total. The molecule has 3 fully saturated rings. The second kappa shape index (κ2) is 49.2. The molecule has 640 valence electrons. The van der Waals surface area contributed by atoms with E-state index in [0.717, 1.165) is 0 Å². The van der Waals surface area contributed by atoms with E-state index in [1.165, 1.54) is 4.90 Å². The topological polar surface area (TPSA) is 540 Å². The van der Waals surface area contributed by atoms with E-state index in [1.54, 1.807) is 71.9 Å². The SMILES string of the molecule is CC(C)C[C@@H]1NC(=O)[C@H](CCCN)NC(=O)[C@H](C(C)C)NC(=O)[C@@H]2CCCN2C(=O)[C@@H](Cc2ccccc2)NC(=O)[C@H](CC(C)C)NC(=O)[C@H](CCCN)NC(=O)[C@H](C(C)C)NC(=O)[C@H](CCCN)NC(=O)[C@H](CC(C)C)NC(=O)[C@H]2CC[C@H](O)[C@@H](CNC(=O)[C@H](C(C)C)NC(=O)[C@H](CCCN)NC1=O)O2.O=C(O)C(F)(F)F. The van der Waals surface area contributed by atoms with Gasteiger partial charge in [0.05, 0.1) is 6.10 Å². The number of fused-ring (bicyclic) bond motifs is 3. The summed E-state index contributed by atoms with van der Waals surface area (Å²) in [5.41, 5.74) is 24.4. The third kappa shape index (κ3) is 33.8. The van der Waals surface area contributed by atoms with Crippen LogP contribution in [-0.2, 0) is 78.3 Å².